The first-order valence-electron chi connectivity index (χ1n) is 9.74. The molecule has 3 rings (SSSR count). The summed E-state index contributed by atoms with van der Waals surface area (Å²) in [5.41, 5.74) is 5.88. The van der Waals surface area contributed by atoms with Gasteiger partial charge in [-0.05, 0) is 42.7 Å². The van der Waals surface area contributed by atoms with Crippen molar-refractivity contribution in [3.8, 4) is 0 Å². The molecule has 166 valence electrons. The summed E-state index contributed by atoms with van der Waals surface area (Å²) in [5.74, 6) is -0.980. The molecule has 0 aromatic heterocycles. The number of hydrogen-bond acceptors (Lipinski definition) is 4. The van der Waals surface area contributed by atoms with Gasteiger partial charge in [0, 0.05) is 35.6 Å². The molecule has 1 heterocycles. The Morgan fingerprint density at radius 3 is 2.29 bits per heavy atom. The van der Waals surface area contributed by atoms with E-state index in [4.69, 9.17) is 28.9 Å². The Bertz CT molecular complexity index is 1060. The van der Waals surface area contributed by atoms with E-state index < -0.39 is 10.0 Å². The lowest BCUT2D eigenvalue weighted by molar-refractivity contribution is -0.135. The molecule has 2 N–H and O–H groups in total. The SMILES string of the molecule is NC(=O)C1CCN(C(=O)CN(Cc2ccc(Cl)cc2Cl)S(=O)(=O)c2ccccc2)CC1. The second-order valence-electron chi connectivity index (χ2n) is 7.38. The molecular weight excluding hydrogens is 461 g/mol. The molecule has 2 amide bonds. The maximum atomic E-state index is 13.3. The van der Waals surface area contributed by atoms with E-state index in [9.17, 15) is 18.0 Å². The number of carbonyl (C=O) groups is 2. The van der Waals surface area contributed by atoms with Crippen LogP contribution in [-0.2, 0) is 26.2 Å². The van der Waals surface area contributed by atoms with Crippen molar-refractivity contribution < 1.29 is 18.0 Å². The van der Waals surface area contributed by atoms with Crippen LogP contribution in [0.25, 0.3) is 0 Å². The summed E-state index contributed by atoms with van der Waals surface area (Å²) in [6, 6.07) is 12.7. The normalized spacial score (nSPS) is 15.3. The van der Waals surface area contributed by atoms with E-state index in [2.05, 4.69) is 0 Å². The van der Waals surface area contributed by atoms with Gasteiger partial charge in [-0.3, -0.25) is 9.59 Å². The number of likely N-dealkylation sites (tertiary alicyclic amines) is 1. The van der Waals surface area contributed by atoms with Crippen LogP contribution >= 0.6 is 23.2 Å². The zero-order valence-corrected chi connectivity index (χ0v) is 19.0. The summed E-state index contributed by atoms with van der Waals surface area (Å²) in [4.78, 5) is 26.0. The Labute approximate surface area is 191 Å². The van der Waals surface area contributed by atoms with E-state index in [1.807, 2.05) is 0 Å². The van der Waals surface area contributed by atoms with Gasteiger partial charge in [-0.2, -0.15) is 4.31 Å². The van der Waals surface area contributed by atoms with Crippen LogP contribution in [0.2, 0.25) is 10.0 Å². The molecule has 0 bridgehead atoms. The van der Waals surface area contributed by atoms with Gasteiger partial charge in [0.15, 0.2) is 0 Å². The fourth-order valence-corrected chi connectivity index (χ4v) is 5.33. The number of amides is 2. The number of rotatable bonds is 7. The highest BCUT2D eigenvalue weighted by molar-refractivity contribution is 7.89. The summed E-state index contributed by atoms with van der Waals surface area (Å²) in [7, 11) is -3.96. The number of benzene rings is 2. The van der Waals surface area contributed by atoms with Gasteiger partial charge < -0.3 is 10.6 Å². The summed E-state index contributed by atoms with van der Waals surface area (Å²) >= 11 is 12.2. The Hall–Kier alpha value is -2.13. The maximum absolute atomic E-state index is 13.3. The molecule has 1 aliphatic heterocycles. The Morgan fingerprint density at radius 2 is 1.71 bits per heavy atom. The summed E-state index contributed by atoms with van der Waals surface area (Å²) in [6.45, 7) is 0.273. The third-order valence-electron chi connectivity index (χ3n) is 5.30. The third-order valence-corrected chi connectivity index (χ3v) is 7.70. The monoisotopic (exact) mass is 483 g/mol. The predicted octanol–water partition coefficient (Wildman–Crippen LogP) is 2.91. The first-order chi connectivity index (χ1) is 14.7. The lowest BCUT2D eigenvalue weighted by atomic mass is 9.96. The molecule has 0 aliphatic carbocycles. The minimum Gasteiger partial charge on any atom is -0.369 e. The highest BCUT2D eigenvalue weighted by Gasteiger charge is 2.31. The van der Waals surface area contributed by atoms with Crippen molar-refractivity contribution in [2.45, 2.75) is 24.3 Å². The Balaban J connectivity index is 1.84. The second-order valence-corrected chi connectivity index (χ2v) is 10.2. The smallest absolute Gasteiger partial charge is 0.243 e. The lowest BCUT2D eigenvalue weighted by Gasteiger charge is -2.32. The standard InChI is InChI=1S/C21H23Cl2N3O4S/c22-17-7-6-16(19(23)12-17)13-26(31(29,30)18-4-2-1-3-5-18)14-20(27)25-10-8-15(9-11-25)21(24)28/h1-7,12,15H,8-11,13-14H2,(H2,24,28). The number of halogens is 2. The highest BCUT2D eigenvalue weighted by atomic mass is 35.5. The van der Waals surface area contributed by atoms with Crippen LogP contribution in [0.1, 0.15) is 18.4 Å². The van der Waals surface area contributed by atoms with Crippen LogP contribution in [-0.4, -0.2) is 49.1 Å². The Morgan fingerprint density at radius 1 is 1.06 bits per heavy atom. The first kappa shape index (κ1) is 23.5. The molecule has 0 spiro atoms. The fourth-order valence-electron chi connectivity index (χ4n) is 3.47. The van der Waals surface area contributed by atoms with Gasteiger partial charge in [0.2, 0.25) is 21.8 Å². The van der Waals surface area contributed by atoms with Crippen molar-refractivity contribution in [2.75, 3.05) is 19.6 Å². The average molecular weight is 484 g/mol. The van der Waals surface area contributed by atoms with Crippen LogP contribution < -0.4 is 5.73 Å². The molecule has 2 aromatic carbocycles. The minimum absolute atomic E-state index is 0.0836. The summed E-state index contributed by atoms with van der Waals surface area (Å²) in [5, 5.41) is 0.745. The fraction of sp³-hybridized carbons (Fsp3) is 0.333. The number of carbonyl (C=O) groups excluding carboxylic acids is 2. The van der Waals surface area contributed by atoms with E-state index in [0.29, 0.717) is 41.5 Å². The third kappa shape index (κ3) is 5.77. The van der Waals surface area contributed by atoms with Gasteiger partial charge in [0.25, 0.3) is 0 Å². The van der Waals surface area contributed by atoms with Gasteiger partial charge in [-0.15, -0.1) is 0 Å². The number of sulfonamides is 1. The maximum Gasteiger partial charge on any atom is 0.243 e. The summed E-state index contributed by atoms with van der Waals surface area (Å²) < 4.78 is 27.7. The molecule has 1 fully saturated rings. The molecular formula is C21H23Cl2N3O4S. The van der Waals surface area contributed by atoms with E-state index >= 15 is 0 Å². The number of hydrogen-bond donors (Lipinski definition) is 1. The van der Waals surface area contributed by atoms with E-state index in [1.165, 1.54) is 18.2 Å². The van der Waals surface area contributed by atoms with E-state index in [-0.39, 0.29) is 35.7 Å². The number of nitrogens with zero attached hydrogens (tertiary/aromatic N) is 2. The molecule has 1 saturated heterocycles. The first-order valence-corrected chi connectivity index (χ1v) is 11.9. The summed E-state index contributed by atoms with van der Waals surface area (Å²) in [6.07, 6.45) is 0.936. The van der Waals surface area contributed by atoms with Crippen LogP contribution in [0.15, 0.2) is 53.4 Å². The van der Waals surface area contributed by atoms with E-state index in [1.54, 1.807) is 35.2 Å². The molecule has 7 nitrogen and oxygen atoms in total. The van der Waals surface area contributed by atoms with Crippen molar-refractivity contribution in [1.29, 1.82) is 0 Å². The second kappa shape index (κ2) is 9.99. The molecule has 0 saturated carbocycles. The van der Waals surface area contributed by atoms with Gasteiger partial charge in [-0.1, -0.05) is 47.5 Å². The topological polar surface area (TPSA) is 101 Å². The van der Waals surface area contributed by atoms with Crippen LogP contribution in [0.4, 0.5) is 0 Å². The minimum atomic E-state index is -3.96. The molecule has 0 radical (unpaired) electrons. The zero-order chi connectivity index (χ0) is 22.6. The molecule has 31 heavy (non-hydrogen) atoms. The predicted molar refractivity (Wildman–Crippen MR) is 119 cm³/mol. The van der Waals surface area contributed by atoms with Crippen LogP contribution in [0.5, 0.6) is 0 Å². The number of piperidine rings is 1. The van der Waals surface area contributed by atoms with Crippen molar-refractivity contribution in [3.63, 3.8) is 0 Å². The van der Waals surface area contributed by atoms with Gasteiger partial charge in [0.05, 0.1) is 11.4 Å². The largest absolute Gasteiger partial charge is 0.369 e. The molecule has 0 atom stereocenters. The van der Waals surface area contributed by atoms with Crippen molar-refractivity contribution in [3.05, 3.63) is 64.1 Å². The van der Waals surface area contributed by atoms with Gasteiger partial charge in [0.1, 0.15) is 0 Å². The van der Waals surface area contributed by atoms with Gasteiger partial charge in [-0.25, -0.2) is 8.42 Å². The molecule has 1 aliphatic rings. The quantitative estimate of drug-likeness (QED) is 0.653. The zero-order valence-electron chi connectivity index (χ0n) is 16.7. The number of primary amides is 1. The van der Waals surface area contributed by atoms with Crippen molar-refractivity contribution in [1.82, 2.24) is 9.21 Å². The lowest BCUT2D eigenvalue weighted by Crippen LogP contribution is -2.46. The van der Waals surface area contributed by atoms with E-state index in [0.717, 1.165) is 4.31 Å². The number of nitrogens with two attached hydrogens (primary N) is 1. The highest BCUT2D eigenvalue weighted by Crippen LogP contribution is 2.26. The Kier molecular flexibility index (Phi) is 7.59. The average Bonchev–Trinajstić information content (AvgIpc) is 2.75. The van der Waals surface area contributed by atoms with Crippen molar-refractivity contribution in [2.24, 2.45) is 11.7 Å². The molecule has 0 unspecified atom stereocenters. The molecule has 2 aromatic rings. The molecule has 10 heteroatoms. The van der Waals surface area contributed by atoms with Crippen LogP contribution in [0, 0.1) is 5.92 Å². The van der Waals surface area contributed by atoms with Gasteiger partial charge >= 0.3 is 0 Å². The van der Waals surface area contributed by atoms with Crippen molar-refractivity contribution >= 4 is 45.0 Å². The van der Waals surface area contributed by atoms with Crippen LogP contribution in [0.3, 0.4) is 0 Å².